The molecule has 0 N–H and O–H groups in total. The van der Waals surface area contributed by atoms with E-state index in [1.165, 1.54) is 43.7 Å². The molecule has 0 amide bonds. The highest BCUT2D eigenvalue weighted by Crippen LogP contribution is 2.24. The monoisotopic (exact) mass is 401 g/mol. The van der Waals surface area contributed by atoms with Crippen LogP contribution in [0, 0.1) is 6.92 Å². The molecule has 1 heterocycles. The molecule has 118 valence electrons. The number of nitrogens with zero attached hydrogens (tertiary/aromatic N) is 3. The molecular formula is C17H28IN3. The fraction of sp³-hybridized carbons (Fsp3) is 0.647. The highest BCUT2D eigenvalue weighted by atomic mass is 127. The number of piperidine rings is 1. The molecule has 0 aliphatic carbocycles. The molecule has 4 heteroatoms. The molecule has 1 saturated heterocycles. The lowest BCUT2D eigenvalue weighted by Gasteiger charge is -2.37. The van der Waals surface area contributed by atoms with Gasteiger partial charge in [-0.1, -0.05) is 24.6 Å². The van der Waals surface area contributed by atoms with Gasteiger partial charge in [-0.05, 0) is 45.5 Å². The van der Waals surface area contributed by atoms with E-state index in [0.29, 0.717) is 0 Å². The lowest BCUT2D eigenvalue weighted by Crippen LogP contribution is -2.43. The Hall–Kier alpha value is -0.330. The standard InChI is InChI=1S/C17H28IN3/c1-4-19(3)13-14-21(18)17-9-11-20(12-10-17)16-7-5-15(2)6-8-16/h5-8,17H,4,9-14H2,1-3H3. The topological polar surface area (TPSA) is 9.72 Å². The first-order valence-corrected chi connectivity index (χ1v) is 8.99. The minimum atomic E-state index is 0.734. The molecule has 1 fully saturated rings. The summed E-state index contributed by atoms with van der Waals surface area (Å²) in [6.07, 6.45) is 2.54. The molecular weight excluding hydrogens is 373 g/mol. The van der Waals surface area contributed by atoms with Gasteiger partial charge in [0.05, 0.1) is 0 Å². The number of aryl methyl sites for hydroxylation is 1. The number of rotatable bonds is 6. The molecule has 0 bridgehead atoms. The van der Waals surface area contributed by atoms with E-state index >= 15 is 0 Å². The Morgan fingerprint density at radius 3 is 2.33 bits per heavy atom. The smallest absolute Gasteiger partial charge is 0.0366 e. The molecule has 2 rings (SSSR count). The Morgan fingerprint density at radius 1 is 1.14 bits per heavy atom. The van der Waals surface area contributed by atoms with Crippen molar-refractivity contribution in [1.82, 2.24) is 8.01 Å². The third kappa shape index (κ3) is 5.11. The minimum absolute atomic E-state index is 0.734. The van der Waals surface area contributed by atoms with Crippen LogP contribution in [0.15, 0.2) is 24.3 Å². The summed E-state index contributed by atoms with van der Waals surface area (Å²) < 4.78 is 2.52. The number of hydrogen-bond donors (Lipinski definition) is 0. The summed E-state index contributed by atoms with van der Waals surface area (Å²) in [7, 11) is 2.20. The molecule has 3 nitrogen and oxygen atoms in total. The fourth-order valence-corrected chi connectivity index (χ4v) is 3.54. The quantitative estimate of drug-likeness (QED) is 0.533. The van der Waals surface area contributed by atoms with Crippen LogP contribution in [0.1, 0.15) is 25.3 Å². The maximum Gasteiger partial charge on any atom is 0.0366 e. The van der Waals surface area contributed by atoms with E-state index in [4.69, 9.17) is 0 Å². The molecule has 0 saturated carbocycles. The Morgan fingerprint density at radius 2 is 1.76 bits per heavy atom. The van der Waals surface area contributed by atoms with E-state index in [0.717, 1.165) is 19.1 Å². The second kappa shape index (κ2) is 8.34. The first kappa shape index (κ1) is 17.0. The van der Waals surface area contributed by atoms with Gasteiger partial charge in [-0.25, -0.2) is 3.11 Å². The molecule has 1 aromatic rings. The fourth-order valence-electron chi connectivity index (χ4n) is 2.77. The van der Waals surface area contributed by atoms with Crippen molar-refractivity contribution in [1.29, 1.82) is 0 Å². The first-order chi connectivity index (χ1) is 10.1. The highest BCUT2D eigenvalue weighted by Gasteiger charge is 2.23. The van der Waals surface area contributed by atoms with Crippen molar-refractivity contribution in [3.63, 3.8) is 0 Å². The molecule has 1 aromatic carbocycles. The number of halogens is 1. The lowest BCUT2D eigenvalue weighted by atomic mass is 10.0. The van der Waals surface area contributed by atoms with Gasteiger partial charge in [0.25, 0.3) is 0 Å². The van der Waals surface area contributed by atoms with Crippen LogP contribution in [0.5, 0.6) is 0 Å². The van der Waals surface area contributed by atoms with E-state index in [-0.39, 0.29) is 0 Å². The van der Waals surface area contributed by atoms with Crippen LogP contribution in [0.25, 0.3) is 0 Å². The van der Waals surface area contributed by atoms with Crippen LogP contribution >= 0.6 is 22.9 Å². The van der Waals surface area contributed by atoms with Crippen molar-refractivity contribution in [2.75, 3.05) is 44.7 Å². The van der Waals surface area contributed by atoms with Crippen molar-refractivity contribution in [3.05, 3.63) is 29.8 Å². The van der Waals surface area contributed by atoms with E-state index in [9.17, 15) is 0 Å². The third-order valence-electron chi connectivity index (χ3n) is 4.49. The predicted molar refractivity (Wildman–Crippen MR) is 100 cm³/mol. The van der Waals surface area contributed by atoms with Crippen molar-refractivity contribution >= 4 is 28.6 Å². The zero-order chi connectivity index (χ0) is 15.2. The van der Waals surface area contributed by atoms with Crippen LogP contribution in [-0.4, -0.2) is 53.8 Å². The van der Waals surface area contributed by atoms with Gasteiger partial charge in [0.1, 0.15) is 0 Å². The van der Waals surface area contributed by atoms with Crippen LogP contribution < -0.4 is 4.90 Å². The van der Waals surface area contributed by atoms with Gasteiger partial charge in [-0.3, -0.25) is 0 Å². The predicted octanol–water partition coefficient (Wildman–Crippen LogP) is 3.57. The molecule has 0 aromatic heterocycles. The molecule has 0 radical (unpaired) electrons. The van der Waals surface area contributed by atoms with E-state index in [1.54, 1.807) is 0 Å². The second-order valence-corrected chi connectivity index (χ2v) is 7.31. The average molecular weight is 401 g/mol. The van der Waals surface area contributed by atoms with Gasteiger partial charge in [-0.15, -0.1) is 0 Å². The number of benzene rings is 1. The molecule has 0 atom stereocenters. The van der Waals surface area contributed by atoms with Crippen LogP contribution in [0.2, 0.25) is 0 Å². The largest absolute Gasteiger partial charge is 0.371 e. The van der Waals surface area contributed by atoms with Gasteiger partial charge in [0.2, 0.25) is 0 Å². The van der Waals surface area contributed by atoms with Crippen molar-refractivity contribution in [2.24, 2.45) is 0 Å². The summed E-state index contributed by atoms with van der Waals surface area (Å²) in [5.41, 5.74) is 2.72. The van der Waals surface area contributed by atoms with Crippen molar-refractivity contribution in [3.8, 4) is 0 Å². The first-order valence-electron chi connectivity index (χ1n) is 8.02. The Kier molecular flexibility index (Phi) is 6.76. The summed E-state index contributed by atoms with van der Waals surface area (Å²) in [6.45, 7) is 10.2. The zero-order valence-electron chi connectivity index (χ0n) is 13.6. The summed E-state index contributed by atoms with van der Waals surface area (Å²) in [5.74, 6) is 0. The second-order valence-electron chi connectivity index (χ2n) is 6.07. The van der Waals surface area contributed by atoms with Gasteiger partial charge >= 0.3 is 0 Å². The molecule has 1 aliphatic heterocycles. The maximum atomic E-state index is 2.53. The minimum Gasteiger partial charge on any atom is -0.371 e. The SMILES string of the molecule is CCN(C)CCN(I)C1CCN(c2ccc(C)cc2)CC1. The number of likely N-dealkylation sites (N-methyl/N-ethyl adjacent to an activating group) is 1. The number of hydrogen-bond acceptors (Lipinski definition) is 3. The van der Waals surface area contributed by atoms with Gasteiger partial charge < -0.3 is 9.80 Å². The van der Waals surface area contributed by atoms with Crippen molar-refractivity contribution < 1.29 is 0 Å². The summed E-state index contributed by atoms with van der Waals surface area (Å²) in [6, 6.07) is 9.68. The third-order valence-corrected chi connectivity index (χ3v) is 5.77. The molecule has 0 unspecified atom stereocenters. The van der Waals surface area contributed by atoms with Crippen LogP contribution in [0.3, 0.4) is 0 Å². The Bertz CT molecular complexity index is 413. The van der Waals surface area contributed by atoms with Gasteiger partial charge in [-0.2, -0.15) is 0 Å². The normalized spacial score (nSPS) is 17.0. The van der Waals surface area contributed by atoms with Crippen molar-refractivity contribution in [2.45, 2.75) is 32.7 Å². The molecule has 21 heavy (non-hydrogen) atoms. The Labute approximate surface area is 143 Å². The molecule has 1 aliphatic rings. The van der Waals surface area contributed by atoms with E-state index in [2.05, 4.69) is 80.9 Å². The highest BCUT2D eigenvalue weighted by molar-refractivity contribution is 14.1. The average Bonchev–Trinajstić information content (AvgIpc) is 2.53. The van der Waals surface area contributed by atoms with Gasteiger partial charge in [0.15, 0.2) is 0 Å². The summed E-state index contributed by atoms with van der Waals surface area (Å²) >= 11 is 2.52. The van der Waals surface area contributed by atoms with Crippen LogP contribution in [0.4, 0.5) is 5.69 Å². The lowest BCUT2D eigenvalue weighted by molar-refractivity contribution is 0.271. The molecule has 0 spiro atoms. The maximum absolute atomic E-state index is 2.53. The zero-order valence-corrected chi connectivity index (χ0v) is 15.7. The number of anilines is 1. The van der Waals surface area contributed by atoms with E-state index < -0.39 is 0 Å². The van der Waals surface area contributed by atoms with Gasteiger partial charge in [0, 0.05) is 60.8 Å². The summed E-state index contributed by atoms with van der Waals surface area (Å²) in [5, 5.41) is 0. The van der Waals surface area contributed by atoms with Crippen LogP contribution in [-0.2, 0) is 0 Å². The summed E-state index contributed by atoms with van der Waals surface area (Å²) in [4.78, 5) is 4.91. The van der Waals surface area contributed by atoms with E-state index in [1.807, 2.05) is 0 Å². The Balaban J connectivity index is 1.78.